The molecule has 0 amide bonds. The van der Waals surface area contributed by atoms with Crippen LogP contribution >= 0.6 is 0 Å². The number of hydrogen-bond donors (Lipinski definition) is 1. The quantitative estimate of drug-likeness (QED) is 0.496. The van der Waals surface area contributed by atoms with Crippen LogP contribution in [0.5, 0.6) is 5.75 Å². The van der Waals surface area contributed by atoms with Crippen molar-refractivity contribution in [3.05, 3.63) is 78.1 Å². The highest BCUT2D eigenvalue weighted by Crippen LogP contribution is 2.28. The fourth-order valence-electron chi connectivity index (χ4n) is 4.07. The summed E-state index contributed by atoms with van der Waals surface area (Å²) in [5, 5.41) is 0. The van der Waals surface area contributed by atoms with Gasteiger partial charge in [0.15, 0.2) is 0 Å². The van der Waals surface area contributed by atoms with Gasteiger partial charge in [-0.25, -0.2) is 17.8 Å². The first-order valence-corrected chi connectivity index (χ1v) is 12.4. The van der Waals surface area contributed by atoms with Gasteiger partial charge in [0.2, 0.25) is 10.0 Å². The molecule has 1 aliphatic rings. The Kier molecular flexibility index (Phi) is 7.22. The topological polar surface area (TPSA) is 75.3 Å². The van der Waals surface area contributed by atoms with E-state index >= 15 is 0 Å². The van der Waals surface area contributed by atoms with Crippen LogP contribution in [0.25, 0.3) is 0 Å². The molecule has 1 aromatic heterocycles. The molecule has 1 fully saturated rings. The summed E-state index contributed by atoms with van der Waals surface area (Å²) >= 11 is 0. The Morgan fingerprint density at radius 3 is 2.41 bits per heavy atom. The lowest BCUT2D eigenvalue weighted by Gasteiger charge is -2.29. The molecular weight excluding hydrogens is 429 g/mol. The number of benzene rings is 2. The highest BCUT2D eigenvalue weighted by atomic mass is 32.2. The third-order valence-corrected chi connectivity index (χ3v) is 7.69. The van der Waals surface area contributed by atoms with Gasteiger partial charge >= 0.3 is 0 Å². The Bertz CT molecular complexity index is 1080. The van der Waals surface area contributed by atoms with Crippen LogP contribution < -0.4 is 4.74 Å². The number of aromatic amines is 1. The minimum Gasteiger partial charge on any atom is -0.489 e. The van der Waals surface area contributed by atoms with E-state index in [-0.39, 0.29) is 23.9 Å². The van der Waals surface area contributed by atoms with Gasteiger partial charge in [-0.05, 0) is 60.7 Å². The Balaban J connectivity index is 1.47. The summed E-state index contributed by atoms with van der Waals surface area (Å²) in [4.78, 5) is 7.31. The maximum absolute atomic E-state index is 13.5. The molecule has 32 heavy (non-hydrogen) atoms. The molecule has 3 aromatic rings. The predicted molar refractivity (Wildman–Crippen MR) is 120 cm³/mol. The molecule has 0 atom stereocenters. The zero-order valence-corrected chi connectivity index (χ0v) is 18.7. The Morgan fingerprint density at radius 1 is 1.03 bits per heavy atom. The summed E-state index contributed by atoms with van der Waals surface area (Å²) in [5.74, 6) is 0.617. The van der Waals surface area contributed by atoms with Crippen molar-refractivity contribution in [3.63, 3.8) is 0 Å². The smallest absolute Gasteiger partial charge is 0.243 e. The van der Waals surface area contributed by atoms with Crippen molar-refractivity contribution in [2.24, 2.45) is 5.92 Å². The van der Waals surface area contributed by atoms with E-state index in [1.54, 1.807) is 53.2 Å². The molecule has 2 aromatic carbocycles. The van der Waals surface area contributed by atoms with Crippen molar-refractivity contribution in [3.8, 4) is 5.75 Å². The third-order valence-electron chi connectivity index (χ3n) is 5.87. The minimum absolute atomic E-state index is 0.262. The maximum Gasteiger partial charge on any atom is 0.243 e. The van der Waals surface area contributed by atoms with Gasteiger partial charge in [0, 0.05) is 18.4 Å². The van der Waals surface area contributed by atoms with Crippen LogP contribution in [0.3, 0.4) is 0 Å². The highest BCUT2D eigenvalue weighted by Gasteiger charge is 2.28. The molecule has 6 nitrogen and oxygen atoms in total. The second-order valence-electron chi connectivity index (χ2n) is 8.26. The normalized spacial score (nSPS) is 15.2. The molecule has 1 N–H and O–H groups in total. The molecule has 0 unspecified atom stereocenters. The van der Waals surface area contributed by atoms with Gasteiger partial charge in [-0.3, -0.25) is 0 Å². The first-order chi connectivity index (χ1) is 15.5. The van der Waals surface area contributed by atoms with E-state index < -0.39 is 10.0 Å². The maximum atomic E-state index is 13.5. The molecular formula is C24H28FN3O3S. The predicted octanol–water partition coefficient (Wildman–Crippen LogP) is 4.90. The molecule has 0 saturated heterocycles. The van der Waals surface area contributed by atoms with Crippen LogP contribution in [0.2, 0.25) is 0 Å². The van der Waals surface area contributed by atoms with E-state index in [1.807, 2.05) is 0 Å². The average Bonchev–Trinajstić information content (AvgIpc) is 3.32. The first-order valence-electron chi connectivity index (χ1n) is 11.0. The summed E-state index contributed by atoms with van der Waals surface area (Å²) in [6.45, 7) is 1.05. The molecule has 1 aliphatic carbocycles. The van der Waals surface area contributed by atoms with E-state index in [2.05, 4.69) is 9.97 Å². The van der Waals surface area contributed by atoms with Gasteiger partial charge < -0.3 is 9.72 Å². The van der Waals surface area contributed by atoms with Crippen LogP contribution in [0.1, 0.15) is 43.4 Å². The Hall–Kier alpha value is -2.71. The molecule has 0 aliphatic heterocycles. The summed E-state index contributed by atoms with van der Waals surface area (Å²) in [7, 11) is -3.66. The van der Waals surface area contributed by atoms with Crippen LogP contribution in [0, 0.1) is 11.7 Å². The van der Waals surface area contributed by atoms with Gasteiger partial charge in [0.25, 0.3) is 0 Å². The number of imidazole rings is 1. The minimum atomic E-state index is -3.66. The van der Waals surface area contributed by atoms with E-state index in [4.69, 9.17) is 4.74 Å². The van der Waals surface area contributed by atoms with Gasteiger partial charge in [-0.2, -0.15) is 4.31 Å². The molecule has 8 heteroatoms. The van der Waals surface area contributed by atoms with Crippen molar-refractivity contribution < 1.29 is 17.5 Å². The molecule has 170 valence electrons. The summed E-state index contributed by atoms with van der Waals surface area (Å²) in [5.41, 5.74) is 1.61. The molecule has 0 spiro atoms. The fourth-order valence-corrected chi connectivity index (χ4v) is 5.56. The van der Waals surface area contributed by atoms with Gasteiger partial charge in [0.05, 0.1) is 17.8 Å². The van der Waals surface area contributed by atoms with Gasteiger partial charge in [0.1, 0.15) is 18.2 Å². The van der Waals surface area contributed by atoms with Crippen LogP contribution in [0.4, 0.5) is 4.39 Å². The van der Waals surface area contributed by atoms with E-state index in [0.717, 1.165) is 36.9 Å². The monoisotopic (exact) mass is 457 g/mol. The molecule has 0 radical (unpaired) electrons. The lowest BCUT2D eigenvalue weighted by atomic mass is 9.89. The van der Waals surface area contributed by atoms with Crippen LogP contribution in [-0.2, 0) is 23.2 Å². The zero-order valence-electron chi connectivity index (χ0n) is 17.9. The average molecular weight is 458 g/mol. The SMILES string of the molecule is O=S(=O)(c1ccc(COc2ccc(F)cc2)cc1)N(Cc1cnc[nH]1)CC1CCCCC1. The lowest BCUT2D eigenvalue weighted by Crippen LogP contribution is -2.35. The number of nitrogens with one attached hydrogen (secondary N) is 1. The van der Waals surface area contributed by atoms with Crippen molar-refractivity contribution in [1.29, 1.82) is 0 Å². The molecule has 1 heterocycles. The fraction of sp³-hybridized carbons (Fsp3) is 0.375. The Morgan fingerprint density at radius 2 is 1.75 bits per heavy atom. The number of rotatable bonds is 9. The van der Waals surface area contributed by atoms with E-state index in [9.17, 15) is 12.8 Å². The largest absolute Gasteiger partial charge is 0.489 e. The van der Waals surface area contributed by atoms with Crippen molar-refractivity contribution in [2.45, 2.75) is 50.2 Å². The lowest BCUT2D eigenvalue weighted by molar-refractivity contribution is 0.274. The standard InChI is InChI=1S/C24H28FN3O3S/c25-21-8-10-23(11-9-21)31-17-20-6-12-24(13-7-20)32(29,30)28(16-22-14-26-18-27-22)15-19-4-2-1-3-5-19/h6-14,18-19H,1-5,15-17H2,(H,26,27). The number of ether oxygens (including phenoxy) is 1. The summed E-state index contributed by atoms with van der Waals surface area (Å²) < 4.78 is 47.2. The van der Waals surface area contributed by atoms with Crippen molar-refractivity contribution in [2.75, 3.05) is 6.54 Å². The van der Waals surface area contributed by atoms with Crippen molar-refractivity contribution in [1.82, 2.24) is 14.3 Å². The van der Waals surface area contributed by atoms with Gasteiger partial charge in [-0.15, -0.1) is 0 Å². The highest BCUT2D eigenvalue weighted by molar-refractivity contribution is 7.89. The number of halogens is 1. The summed E-state index contributed by atoms with van der Waals surface area (Å²) in [6.07, 6.45) is 8.90. The summed E-state index contributed by atoms with van der Waals surface area (Å²) in [6, 6.07) is 12.6. The number of H-pyrrole nitrogens is 1. The second-order valence-corrected chi connectivity index (χ2v) is 10.2. The Labute approximate surface area is 188 Å². The van der Waals surface area contributed by atoms with Crippen LogP contribution in [-0.4, -0.2) is 29.2 Å². The van der Waals surface area contributed by atoms with Crippen molar-refractivity contribution >= 4 is 10.0 Å². The molecule has 1 saturated carbocycles. The number of hydrogen-bond acceptors (Lipinski definition) is 4. The van der Waals surface area contributed by atoms with Gasteiger partial charge in [-0.1, -0.05) is 31.4 Å². The second kappa shape index (κ2) is 10.3. The number of sulfonamides is 1. The first kappa shape index (κ1) is 22.5. The third kappa shape index (κ3) is 5.75. The molecule has 0 bridgehead atoms. The molecule has 4 rings (SSSR count). The number of nitrogens with zero attached hydrogens (tertiary/aromatic N) is 2. The van der Waals surface area contributed by atoms with E-state index in [0.29, 0.717) is 18.2 Å². The number of aromatic nitrogens is 2. The zero-order chi connectivity index (χ0) is 22.4. The van der Waals surface area contributed by atoms with E-state index in [1.165, 1.54) is 18.6 Å². The van der Waals surface area contributed by atoms with Crippen LogP contribution in [0.15, 0.2) is 66.0 Å².